The lowest BCUT2D eigenvalue weighted by Crippen LogP contribution is -2.30. The number of hydrogen-bond donors (Lipinski definition) is 3. The van der Waals surface area contributed by atoms with E-state index in [2.05, 4.69) is 34.6 Å². The fourth-order valence-corrected chi connectivity index (χ4v) is 13.8. The van der Waals surface area contributed by atoms with Gasteiger partial charge < -0.3 is 33.8 Å². The van der Waals surface area contributed by atoms with Crippen LogP contribution in [-0.2, 0) is 65.4 Å². The summed E-state index contributed by atoms with van der Waals surface area (Å²) in [5, 5.41) is 10.6. The molecule has 0 radical (unpaired) electrons. The summed E-state index contributed by atoms with van der Waals surface area (Å²) in [4.78, 5) is 72.9. The number of rotatable bonds is 79. The van der Waals surface area contributed by atoms with E-state index < -0.39 is 97.5 Å². The molecule has 0 aliphatic rings. The lowest BCUT2D eigenvalue weighted by Gasteiger charge is -2.21. The summed E-state index contributed by atoms with van der Waals surface area (Å²) in [6, 6.07) is 0. The molecule has 0 aromatic heterocycles. The zero-order valence-electron chi connectivity index (χ0n) is 63.9. The van der Waals surface area contributed by atoms with Gasteiger partial charge in [-0.1, -0.05) is 369 Å². The van der Waals surface area contributed by atoms with Crippen LogP contribution in [0.1, 0.15) is 420 Å². The molecule has 0 rings (SSSR count). The molecule has 3 N–H and O–H groups in total. The number of esters is 4. The molecule has 0 spiro atoms. The van der Waals surface area contributed by atoms with Crippen molar-refractivity contribution >= 4 is 39.5 Å². The summed E-state index contributed by atoms with van der Waals surface area (Å²) in [5.74, 6) is -1.39. The first-order valence-corrected chi connectivity index (χ1v) is 44.2. The van der Waals surface area contributed by atoms with Crippen molar-refractivity contribution in [2.75, 3.05) is 39.6 Å². The monoisotopic (exact) mass is 1440 g/mol. The van der Waals surface area contributed by atoms with E-state index in [0.29, 0.717) is 25.7 Å². The van der Waals surface area contributed by atoms with Gasteiger partial charge in [0.25, 0.3) is 0 Å². The predicted octanol–water partition coefficient (Wildman–Crippen LogP) is 23.6. The molecule has 17 nitrogen and oxygen atoms in total. The van der Waals surface area contributed by atoms with Gasteiger partial charge in [0.1, 0.15) is 19.3 Å². The van der Waals surface area contributed by atoms with Crippen LogP contribution in [0, 0.1) is 5.92 Å². The lowest BCUT2D eigenvalue weighted by atomic mass is 10.00. The Labute approximate surface area is 600 Å². The molecule has 0 fully saturated rings. The van der Waals surface area contributed by atoms with Gasteiger partial charge in [0.05, 0.1) is 26.4 Å². The van der Waals surface area contributed by atoms with E-state index in [1.807, 2.05) is 0 Å². The van der Waals surface area contributed by atoms with Gasteiger partial charge in [-0.15, -0.1) is 0 Å². The maximum absolute atomic E-state index is 13.1. The summed E-state index contributed by atoms with van der Waals surface area (Å²) in [6.07, 6.45) is 62.6. The molecule has 6 atom stereocenters. The van der Waals surface area contributed by atoms with Gasteiger partial charge in [-0.05, 0) is 31.6 Å². The van der Waals surface area contributed by atoms with E-state index in [1.54, 1.807) is 0 Å². The number of aliphatic hydroxyl groups is 1. The number of ether oxygens (including phenoxy) is 4. The van der Waals surface area contributed by atoms with Crippen molar-refractivity contribution in [2.45, 2.75) is 438 Å². The highest BCUT2D eigenvalue weighted by Crippen LogP contribution is 2.45. The minimum absolute atomic E-state index is 0.104. The van der Waals surface area contributed by atoms with Crippen LogP contribution < -0.4 is 0 Å². The van der Waals surface area contributed by atoms with Crippen molar-refractivity contribution in [1.82, 2.24) is 0 Å². The number of hydrogen-bond acceptors (Lipinski definition) is 15. The maximum Gasteiger partial charge on any atom is 0.472 e. The van der Waals surface area contributed by atoms with Crippen LogP contribution in [0.25, 0.3) is 0 Å². The Morgan fingerprint density at radius 2 is 0.490 bits per heavy atom. The Hall–Kier alpha value is -1.94. The fraction of sp³-hybridized carbons (Fsp3) is 0.949. The molecule has 98 heavy (non-hydrogen) atoms. The predicted molar refractivity (Wildman–Crippen MR) is 400 cm³/mol. The second-order valence-electron chi connectivity index (χ2n) is 28.7. The molecular formula is C79H154O17P2. The van der Waals surface area contributed by atoms with Crippen molar-refractivity contribution in [2.24, 2.45) is 5.92 Å². The first-order valence-electron chi connectivity index (χ1n) is 41.2. The van der Waals surface area contributed by atoms with Gasteiger partial charge in [0, 0.05) is 25.7 Å². The molecule has 0 aromatic rings. The van der Waals surface area contributed by atoms with Gasteiger partial charge in [-0.3, -0.25) is 37.3 Å². The largest absolute Gasteiger partial charge is 0.472 e. The van der Waals surface area contributed by atoms with Crippen LogP contribution in [0.2, 0.25) is 0 Å². The van der Waals surface area contributed by atoms with Crippen molar-refractivity contribution in [3.63, 3.8) is 0 Å². The molecule has 0 aliphatic heterocycles. The molecule has 19 heteroatoms. The Morgan fingerprint density at radius 3 is 0.724 bits per heavy atom. The summed E-state index contributed by atoms with van der Waals surface area (Å²) >= 11 is 0. The van der Waals surface area contributed by atoms with Crippen molar-refractivity contribution in [1.29, 1.82) is 0 Å². The second-order valence-corrected chi connectivity index (χ2v) is 31.6. The molecule has 0 aromatic carbocycles. The molecule has 0 saturated carbocycles. The van der Waals surface area contributed by atoms with E-state index in [9.17, 15) is 43.2 Å². The SMILES string of the molecule is CCCCCCCCCCCCCCCCCCCCCC(=O)OC[C@H](COP(=O)(O)OC[C@@H](O)COP(=O)(O)OC[C@@H](COC(=O)CCCCCCCCCCCC)OC(=O)CCCCCCCCC(C)CC)OC(=O)CCCCCCCCCCCCCCCCCCCCC. The average Bonchev–Trinajstić information content (AvgIpc) is 1.12. The van der Waals surface area contributed by atoms with Crippen LogP contribution in [0.5, 0.6) is 0 Å². The third kappa shape index (κ3) is 71.1. The number of phosphoric acid groups is 2. The summed E-state index contributed by atoms with van der Waals surface area (Å²) in [5.41, 5.74) is 0. The topological polar surface area (TPSA) is 237 Å². The smallest absolute Gasteiger partial charge is 0.462 e. The Kier molecular flexibility index (Phi) is 70.6. The number of unbranched alkanes of at least 4 members (excludes halogenated alkanes) is 50. The fourth-order valence-electron chi connectivity index (χ4n) is 12.2. The Bertz CT molecular complexity index is 1880. The van der Waals surface area contributed by atoms with Gasteiger partial charge in [-0.25, -0.2) is 9.13 Å². The van der Waals surface area contributed by atoms with Crippen LogP contribution in [0.4, 0.5) is 0 Å². The highest BCUT2D eigenvalue weighted by atomic mass is 31.2. The van der Waals surface area contributed by atoms with Gasteiger partial charge in [0.15, 0.2) is 12.2 Å². The van der Waals surface area contributed by atoms with Crippen LogP contribution in [0.15, 0.2) is 0 Å². The van der Waals surface area contributed by atoms with Crippen molar-refractivity contribution in [3.05, 3.63) is 0 Å². The molecule has 0 amide bonds. The normalized spacial score (nSPS) is 14.2. The number of aliphatic hydroxyl groups excluding tert-OH is 1. The molecule has 0 bridgehead atoms. The summed E-state index contributed by atoms with van der Waals surface area (Å²) in [7, 11) is -9.91. The molecule has 582 valence electrons. The third-order valence-corrected chi connectivity index (χ3v) is 20.8. The summed E-state index contributed by atoms with van der Waals surface area (Å²) < 4.78 is 68.6. The second kappa shape index (κ2) is 72.0. The highest BCUT2D eigenvalue weighted by Gasteiger charge is 2.30. The van der Waals surface area contributed by atoms with E-state index >= 15 is 0 Å². The van der Waals surface area contributed by atoms with Crippen molar-refractivity contribution in [3.8, 4) is 0 Å². The van der Waals surface area contributed by atoms with Crippen LogP contribution >= 0.6 is 15.6 Å². The minimum Gasteiger partial charge on any atom is -0.462 e. The number of carbonyl (C=O) groups excluding carboxylic acids is 4. The zero-order valence-corrected chi connectivity index (χ0v) is 65.7. The quantitative estimate of drug-likeness (QED) is 0.0222. The van der Waals surface area contributed by atoms with Gasteiger partial charge >= 0.3 is 39.5 Å². The molecule has 0 saturated heterocycles. The van der Waals surface area contributed by atoms with Crippen LogP contribution in [0.3, 0.4) is 0 Å². The van der Waals surface area contributed by atoms with E-state index in [-0.39, 0.29) is 25.7 Å². The molecule has 0 aliphatic carbocycles. The van der Waals surface area contributed by atoms with E-state index in [4.69, 9.17) is 37.0 Å². The van der Waals surface area contributed by atoms with Crippen LogP contribution in [-0.4, -0.2) is 96.7 Å². The standard InChI is InChI=1S/C79H154O17P2/c1-6-10-13-16-19-22-25-27-29-31-33-35-37-39-41-44-47-53-58-63-77(82)89-68-74(95-78(83)64-59-54-48-45-42-40-38-36-34-32-30-28-26-23-20-17-14-11-7-2)70-93-97(85,86)91-66-73(80)67-92-98(87,88)94-71-75(96-79(84)65-60-55-50-49-51-56-61-72(5)9-4)69-90-76(81)62-57-52-46-43-24-21-18-15-12-8-3/h72-75,80H,6-71H2,1-5H3,(H,85,86)(H,87,88)/t72?,73-,74-,75-/m1/s1. The Balaban J connectivity index is 5.20. The minimum atomic E-state index is -4.96. The van der Waals surface area contributed by atoms with E-state index in [1.165, 1.54) is 244 Å². The van der Waals surface area contributed by atoms with E-state index in [0.717, 1.165) is 95.8 Å². The highest BCUT2D eigenvalue weighted by molar-refractivity contribution is 7.47. The number of phosphoric ester groups is 2. The molecular weight excluding hydrogens is 1280 g/mol. The van der Waals surface area contributed by atoms with Gasteiger partial charge in [0.2, 0.25) is 0 Å². The number of carbonyl (C=O) groups is 4. The first kappa shape index (κ1) is 96.1. The molecule has 0 heterocycles. The van der Waals surface area contributed by atoms with Gasteiger partial charge in [-0.2, -0.15) is 0 Å². The third-order valence-electron chi connectivity index (χ3n) is 18.9. The first-order chi connectivity index (χ1) is 47.6. The summed E-state index contributed by atoms with van der Waals surface area (Å²) in [6.45, 7) is 7.25. The lowest BCUT2D eigenvalue weighted by molar-refractivity contribution is -0.161. The zero-order chi connectivity index (χ0) is 71.9. The van der Waals surface area contributed by atoms with Crippen molar-refractivity contribution < 1.29 is 80.2 Å². The Morgan fingerprint density at radius 1 is 0.286 bits per heavy atom. The molecule has 3 unspecified atom stereocenters. The average molecular weight is 1440 g/mol. The maximum atomic E-state index is 13.1.